The lowest BCUT2D eigenvalue weighted by Crippen LogP contribution is -2.47. The molecule has 0 heterocycles. The summed E-state index contributed by atoms with van der Waals surface area (Å²) in [6.45, 7) is 13.9. The van der Waals surface area contributed by atoms with Gasteiger partial charge >= 0.3 is 0 Å². The smallest absolute Gasteiger partial charge is 0.0756 e. The molecule has 2 saturated carbocycles. The third-order valence-electron chi connectivity index (χ3n) is 9.89. The van der Waals surface area contributed by atoms with Crippen LogP contribution in [0.15, 0.2) is 23.3 Å². The second kappa shape index (κ2) is 8.15. The number of allylic oxidation sites excluding steroid dienone is 2. The van der Waals surface area contributed by atoms with Crippen LogP contribution in [0, 0.1) is 40.9 Å². The molecule has 2 fully saturated rings. The SMILES string of the molecule is C=C(CCC(C)C1CCC2C3CC(O)C4=C(CCC(O)C4)C3CCC12C)C(C)C. The van der Waals surface area contributed by atoms with Gasteiger partial charge in [0.05, 0.1) is 12.2 Å². The zero-order valence-corrected chi connectivity index (χ0v) is 19.3. The number of hydrogen-bond donors (Lipinski definition) is 2. The minimum Gasteiger partial charge on any atom is -0.393 e. The Bertz CT molecular complexity index is 661. The van der Waals surface area contributed by atoms with Crippen LogP contribution in [-0.2, 0) is 0 Å². The minimum atomic E-state index is -0.297. The molecule has 4 aliphatic carbocycles. The Hall–Kier alpha value is -0.600. The van der Waals surface area contributed by atoms with Crippen molar-refractivity contribution < 1.29 is 10.2 Å². The summed E-state index contributed by atoms with van der Waals surface area (Å²) in [4.78, 5) is 0. The first-order valence-corrected chi connectivity index (χ1v) is 12.5. The van der Waals surface area contributed by atoms with Crippen LogP contribution in [-0.4, -0.2) is 22.4 Å². The fourth-order valence-corrected chi connectivity index (χ4v) is 8.07. The Labute approximate surface area is 178 Å². The monoisotopic (exact) mass is 400 g/mol. The van der Waals surface area contributed by atoms with Crippen molar-refractivity contribution in [1.29, 1.82) is 0 Å². The van der Waals surface area contributed by atoms with Gasteiger partial charge in [0.25, 0.3) is 0 Å². The Kier molecular flexibility index (Phi) is 6.08. The maximum absolute atomic E-state index is 11.0. The molecule has 2 heteroatoms. The Morgan fingerprint density at radius 2 is 1.86 bits per heavy atom. The van der Waals surface area contributed by atoms with Crippen molar-refractivity contribution in [2.24, 2.45) is 40.9 Å². The van der Waals surface area contributed by atoms with Gasteiger partial charge in [0, 0.05) is 0 Å². The zero-order valence-electron chi connectivity index (χ0n) is 19.3. The number of aliphatic hydroxyl groups is 2. The van der Waals surface area contributed by atoms with E-state index in [0.717, 1.165) is 43.4 Å². The van der Waals surface area contributed by atoms with E-state index >= 15 is 0 Å². The molecule has 29 heavy (non-hydrogen) atoms. The molecule has 8 atom stereocenters. The predicted molar refractivity (Wildman–Crippen MR) is 120 cm³/mol. The first kappa shape index (κ1) is 21.6. The van der Waals surface area contributed by atoms with Crippen LogP contribution in [0.2, 0.25) is 0 Å². The second-order valence-electron chi connectivity index (χ2n) is 11.6. The number of hydrogen-bond acceptors (Lipinski definition) is 2. The topological polar surface area (TPSA) is 40.5 Å². The summed E-state index contributed by atoms with van der Waals surface area (Å²) in [5, 5.41) is 21.1. The van der Waals surface area contributed by atoms with Crippen LogP contribution in [0.25, 0.3) is 0 Å². The highest BCUT2D eigenvalue weighted by molar-refractivity contribution is 5.30. The zero-order chi connectivity index (χ0) is 20.9. The summed E-state index contributed by atoms with van der Waals surface area (Å²) in [6.07, 6.45) is 10.9. The first-order chi connectivity index (χ1) is 13.7. The van der Waals surface area contributed by atoms with Crippen LogP contribution in [0.5, 0.6) is 0 Å². The van der Waals surface area contributed by atoms with Gasteiger partial charge in [-0.05, 0) is 111 Å². The highest BCUT2D eigenvalue weighted by atomic mass is 16.3. The number of aliphatic hydroxyl groups excluding tert-OH is 2. The van der Waals surface area contributed by atoms with E-state index in [1.165, 1.54) is 49.7 Å². The molecule has 2 N–H and O–H groups in total. The summed E-state index contributed by atoms with van der Waals surface area (Å²) in [5.74, 6) is 4.33. The third kappa shape index (κ3) is 3.78. The summed E-state index contributed by atoms with van der Waals surface area (Å²) >= 11 is 0. The molecule has 0 aliphatic heterocycles. The lowest BCUT2D eigenvalue weighted by Gasteiger charge is -2.54. The van der Waals surface area contributed by atoms with Crippen LogP contribution >= 0.6 is 0 Å². The normalized spacial score (nSPS) is 43.0. The van der Waals surface area contributed by atoms with Crippen LogP contribution in [0.4, 0.5) is 0 Å². The lowest BCUT2D eigenvalue weighted by atomic mass is 9.51. The quantitative estimate of drug-likeness (QED) is 0.533. The van der Waals surface area contributed by atoms with Crippen molar-refractivity contribution in [2.45, 2.75) is 104 Å². The van der Waals surface area contributed by atoms with Gasteiger partial charge < -0.3 is 10.2 Å². The predicted octanol–water partition coefficient (Wildman–Crippen LogP) is 6.28. The van der Waals surface area contributed by atoms with Crippen molar-refractivity contribution in [3.8, 4) is 0 Å². The van der Waals surface area contributed by atoms with E-state index in [0.29, 0.717) is 23.2 Å². The van der Waals surface area contributed by atoms with Gasteiger partial charge in [-0.2, -0.15) is 0 Å². The molecule has 0 aromatic heterocycles. The molecule has 2 nitrogen and oxygen atoms in total. The van der Waals surface area contributed by atoms with Gasteiger partial charge in [-0.25, -0.2) is 0 Å². The fourth-order valence-electron chi connectivity index (χ4n) is 8.07. The molecule has 164 valence electrons. The van der Waals surface area contributed by atoms with E-state index in [2.05, 4.69) is 34.3 Å². The van der Waals surface area contributed by atoms with E-state index in [4.69, 9.17) is 0 Å². The van der Waals surface area contributed by atoms with Gasteiger partial charge in [0.1, 0.15) is 0 Å². The van der Waals surface area contributed by atoms with Gasteiger partial charge in [-0.15, -0.1) is 0 Å². The molecule has 0 aromatic carbocycles. The maximum Gasteiger partial charge on any atom is 0.0756 e. The van der Waals surface area contributed by atoms with Gasteiger partial charge in [0.2, 0.25) is 0 Å². The van der Waals surface area contributed by atoms with Crippen molar-refractivity contribution in [2.75, 3.05) is 0 Å². The van der Waals surface area contributed by atoms with Crippen molar-refractivity contribution in [3.05, 3.63) is 23.3 Å². The van der Waals surface area contributed by atoms with Crippen molar-refractivity contribution >= 4 is 0 Å². The Balaban J connectivity index is 1.49. The first-order valence-electron chi connectivity index (χ1n) is 12.5. The average Bonchev–Trinajstić information content (AvgIpc) is 3.03. The Morgan fingerprint density at radius 1 is 1.10 bits per heavy atom. The van der Waals surface area contributed by atoms with Crippen LogP contribution in [0.3, 0.4) is 0 Å². The van der Waals surface area contributed by atoms with E-state index < -0.39 is 0 Å². The summed E-state index contributed by atoms with van der Waals surface area (Å²) in [5.41, 5.74) is 4.65. The Morgan fingerprint density at radius 3 is 2.59 bits per heavy atom. The molecule has 8 unspecified atom stereocenters. The molecule has 4 rings (SSSR count). The molecular weight excluding hydrogens is 356 g/mol. The molecule has 4 aliphatic rings. The molecular formula is C27H44O2. The highest BCUT2D eigenvalue weighted by Gasteiger charge is 2.56. The fraction of sp³-hybridized carbons (Fsp3) is 0.852. The standard InChI is InChI=1S/C27H44O2/c1-16(2)17(3)6-7-18(4)24-10-11-25-22-15-26(29)23-14-19(28)8-9-20(23)21(22)12-13-27(24,25)5/h16,18-19,21-22,24-26,28-29H,3,6-15H2,1-2,4-5H3. The average molecular weight is 401 g/mol. The maximum atomic E-state index is 11.0. The molecule has 0 bridgehead atoms. The second-order valence-corrected chi connectivity index (χ2v) is 11.6. The number of fused-ring (bicyclic) bond motifs is 4. The molecule has 0 radical (unpaired) electrons. The highest BCUT2D eigenvalue weighted by Crippen LogP contribution is 2.64. The van der Waals surface area contributed by atoms with Crippen molar-refractivity contribution in [1.82, 2.24) is 0 Å². The van der Waals surface area contributed by atoms with E-state index in [-0.39, 0.29) is 12.2 Å². The van der Waals surface area contributed by atoms with Gasteiger partial charge in [-0.3, -0.25) is 0 Å². The van der Waals surface area contributed by atoms with Gasteiger partial charge in [0.15, 0.2) is 0 Å². The summed E-state index contributed by atoms with van der Waals surface area (Å²) < 4.78 is 0. The third-order valence-corrected chi connectivity index (χ3v) is 9.89. The van der Waals surface area contributed by atoms with Crippen LogP contribution < -0.4 is 0 Å². The summed E-state index contributed by atoms with van der Waals surface area (Å²) in [6, 6.07) is 0. The van der Waals surface area contributed by atoms with Crippen molar-refractivity contribution in [3.63, 3.8) is 0 Å². The largest absolute Gasteiger partial charge is 0.393 e. The lowest BCUT2D eigenvalue weighted by molar-refractivity contribution is -0.0243. The van der Waals surface area contributed by atoms with Gasteiger partial charge in [-0.1, -0.05) is 45.4 Å². The molecule has 0 amide bonds. The van der Waals surface area contributed by atoms with E-state index in [9.17, 15) is 10.2 Å². The van der Waals surface area contributed by atoms with E-state index in [1.54, 1.807) is 5.57 Å². The van der Waals surface area contributed by atoms with Crippen LogP contribution in [0.1, 0.15) is 91.9 Å². The molecule has 0 saturated heterocycles. The number of rotatable bonds is 5. The summed E-state index contributed by atoms with van der Waals surface area (Å²) in [7, 11) is 0. The van der Waals surface area contributed by atoms with E-state index in [1.807, 2.05) is 0 Å². The molecule has 0 aromatic rings. The minimum absolute atomic E-state index is 0.230. The molecule has 0 spiro atoms.